The molecule has 1 aromatic carbocycles. The highest BCUT2D eigenvalue weighted by Gasteiger charge is 2.70. The Morgan fingerprint density at radius 1 is 1.00 bits per heavy atom. The van der Waals surface area contributed by atoms with Gasteiger partial charge in [-0.2, -0.15) is 8.42 Å². The highest BCUT2D eigenvalue weighted by molar-refractivity contribution is 7.80. The molecular weight excluding hydrogens is 451 g/mol. The van der Waals surface area contributed by atoms with Crippen LogP contribution in [-0.2, 0) is 23.9 Å². The summed E-state index contributed by atoms with van der Waals surface area (Å²) in [6.07, 6.45) is 7.80. The molecule has 1 saturated heterocycles. The smallest absolute Gasteiger partial charge is 0.401 e. The predicted octanol–water partition coefficient (Wildman–Crippen LogP) is 4.40. The van der Waals surface area contributed by atoms with Crippen LogP contribution in [-0.4, -0.2) is 37.9 Å². The van der Waals surface area contributed by atoms with E-state index in [2.05, 4.69) is 32.9 Å². The van der Waals surface area contributed by atoms with Crippen molar-refractivity contribution in [1.82, 2.24) is 0 Å². The van der Waals surface area contributed by atoms with Crippen molar-refractivity contribution in [3.8, 4) is 0 Å². The first kappa shape index (κ1) is 23.5. The maximum atomic E-state index is 11.3. The van der Waals surface area contributed by atoms with Gasteiger partial charge in [0, 0.05) is 5.41 Å². The average molecular weight is 488 g/mol. The third-order valence-electron chi connectivity index (χ3n) is 11.2. The molecule has 34 heavy (non-hydrogen) atoms. The Morgan fingerprint density at radius 2 is 1.76 bits per heavy atom. The van der Waals surface area contributed by atoms with Gasteiger partial charge in [-0.25, -0.2) is 4.18 Å². The van der Waals surface area contributed by atoms with Gasteiger partial charge in [-0.15, -0.1) is 0 Å². The summed E-state index contributed by atoms with van der Waals surface area (Å²) in [7, 11) is -4.67. The second-order valence-electron chi connectivity index (χ2n) is 12.4. The van der Waals surface area contributed by atoms with Crippen LogP contribution in [0.15, 0.2) is 30.3 Å². The third kappa shape index (κ3) is 3.39. The fourth-order valence-corrected chi connectivity index (χ4v) is 9.74. The van der Waals surface area contributed by atoms with Gasteiger partial charge >= 0.3 is 17.5 Å². The molecule has 0 bridgehead atoms. The third-order valence-corrected chi connectivity index (χ3v) is 11.7. The van der Waals surface area contributed by atoms with E-state index in [1.807, 2.05) is 18.2 Å². The monoisotopic (exact) mass is 488 g/mol. The molecule has 4 saturated carbocycles. The number of fused-ring (bicyclic) bond motifs is 7. The summed E-state index contributed by atoms with van der Waals surface area (Å²) in [5.41, 5.74) is 1.12. The summed E-state index contributed by atoms with van der Waals surface area (Å²) in [5.74, 6) is 2.33. The molecule has 5 aliphatic rings. The molecule has 186 valence electrons. The van der Waals surface area contributed by atoms with E-state index < -0.39 is 10.4 Å². The molecule has 0 spiro atoms. The van der Waals surface area contributed by atoms with E-state index in [1.165, 1.54) is 12.8 Å². The van der Waals surface area contributed by atoms with E-state index in [-0.39, 0.29) is 35.8 Å². The number of hydrogen-bond acceptors (Lipinski definition) is 5. The fourth-order valence-electron chi connectivity index (χ4n) is 9.22. The molecular formula is C26H37BO6S. The lowest BCUT2D eigenvalue weighted by molar-refractivity contribution is -0.145. The van der Waals surface area contributed by atoms with E-state index in [1.54, 1.807) is 0 Å². The SMILES string of the molecule is C[C@]12CC[C@H](OS(=O)(=O)O)C[C@@H]1CC[C@@H]1[C@@H]2CC[C@@]2(C)[C@H]1C[C@@H]1OB(c3ccccc3)O[C@@]12C. The molecule has 0 radical (unpaired) electrons. The summed E-state index contributed by atoms with van der Waals surface area (Å²) >= 11 is 0. The summed E-state index contributed by atoms with van der Waals surface area (Å²) < 4.78 is 50.1. The van der Waals surface area contributed by atoms with Crippen molar-refractivity contribution in [2.45, 2.75) is 89.9 Å². The van der Waals surface area contributed by atoms with Crippen LogP contribution in [0.4, 0.5) is 0 Å². The Labute approximate surface area is 204 Å². The molecule has 5 fully saturated rings. The quantitative estimate of drug-likeness (QED) is 0.502. The molecule has 8 heteroatoms. The van der Waals surface area contributed by atoms with Crippen molar-refractivity contribution in [2.24, 2.45) is 34.5 Å². The van der Waals surface area contributed by atoms with Crippen molar-refractivity contribution in [2.75, 3.05) is 0 Å². The predicted molar refractivity (Wildman–Crippen MR) is 130 cm³/mol. The molecule has 0 aromatic heterocycles. The first-order valence-electron chi connectivity index (χ1n) is 13.1. The molecule has 6 nitrogen and oxygen atoms in total. The Kier molecular flexibility index (Phi) is 5.37. The van der Waals surface area contributed by atoms with E-state index in [9.17, 15) is 8.42 Å². The van der Waals surface area contributed by atoms with Gasteiger partial charge in [0.2, 0.25) is 0 Å². The second-order valence-corrected chi connectivity index (χ2v) is 13.4. The lowest BCUT2D eigenvalue weighted by Gasteiger charge is -2.61. The maximum Gasteiger partial charge on any atom is 0.494 e. The molecule has 0 amide bonds. The van der Waals surface area contributed by atoms with Gasteiger partial charge < -0.3 is 9.31 Å². The summed E-state index contributed by atoms with van der Waals surface area (Å²) in [6, 6.07) is 10.3. The molecule has 0 unspecified atom stereocenters. The minimum atomic E-state index is -4.39. The van der Waals surface area contributed by atoms with Crippen LogP contribution in [0.3, 0.4) is 0 Å². The largest absolute Gasteiger partial charge is 0.494 e. The van der Waals surface area contributed by atoms with E-state index >= 15 is 0 Å². The van der Waals surface area contributed by atoms with Crippen molar-refractivity contribution < 1.29 is 26.5 Å². The minimum Gasteiger partial charge on any atom is -0.401 e. The average Bonchev–Trinajstić information content (AvgIpc) is 3.23. The zero-order valence-corrected chi connectivity index (χ0v) is 21.3. The van der Waals surface area contributed by atoms with Crippen LogP contribution in [0.1, 0.15) is 72.1 Å². The van der Waals surface area contributed by atoms with E-state index in [0.29, 0.717) is 30.1 Å². The van der Waals surface area contributed by atoms with Crippen molar-refractivity contribution in [1.29, 1.82) is 0 Å². The molecule has 1 aromatic rings. The highest BCUT2D eigenvalue weighted by atomic mass is 32.3. The molecule has 4 aliphatic carbocycles. The topological polar surface area (TPSA) is 82.1 Å². The van der Waals surface area contributed by atoms with Crippen LogP contribution in [0.5, 0.6) is 0 Å². The zero-order chi connectivity index (χ0) is 23.9. The number of benzene rings is 1. The first-order valence-corrected chi connectivity index (χ1v) is 14.4. The maximum absolute atomic E-state index is 11.3. The van der Waals surface area contributed by atoms with Gasteiger partial charge in [-0.1, -0.05) is 44.2 Å². The molecule has 1 heterocycles. The lowest BCUT2D eigenvalue weighted by Crippen LogP contribution is -2.57. The van der Waals surface area contributed by atoms with Crippen LogP contribution in [0.25, 0.3) is 0 Å². The molecule has 9 atom stereocenters. The van der Waals surface area contributed by atoms with Gasteiger partial charge in [0.25, 0.3) is 0 Å². The molecule has 1 N–H and O–H groups in total. The van der Waals surface area contributed by atoms with Gasteiger partial charge in [0.15, 0.2) is 0 Å². The highest BCUT2D eigenvalue weighted by Crippen LogP contribution is 2.70. The van der Waals surface area contributed by atoms with E-state index in [4.69, 9.17) is 18.0 Å². The van der Waals surface area contributed by atoms with Gasteiger partial charge in [0.05, 0.1) is 17.8 Å². The Bertz CT molecular complexity index is 1050. The summed E-state index contributed by atoms with van der Waals surface area (Å²) in [4.78, 5) is 0. The lowest BCUT2D eigenvalue weighted by atomic mass is 9.44. The minimum absolute atomic E-state index is 0.0941. The Balaban J connectivity index is 1.22. The van der Waals surface area contributed by atoms with Crippen molar-refractivity contribution in [3.05, 3.63) is 30.3 Å². The van der Waals surface area contributed by atoms with Gasteiger partial charge in [0.1, 0.15) is 0 Å². The van der Waals surface area contributed by atoms with Crippen LogP contribution in [0.2, 0.25) is 0 Å². The summed E-state index contributed by atoms with van der Waals surface area (Å²) in [6.45, 7) is 7.19. The van der Waals surface area contributed by atoms with Crippen molar-refractivity contribution in [3.63, 3.8) is 0 Å². The van der Waals surface area contributed by atoms with Crippen LogP contribution < -0.4 is 5.46 Å². The standard InChI is InChI=1S/C26H37BO6S/c1-24-13-11-19(32-34(28,29)30)15-17(24)9-10-20-21(24)12-14-25(2)22(20)16-23-26(25,3)33-27(31-23)18-7-5-4-6-8-18/h4-8,17,19-23H,9-16H2,1-3H3,(H,28,29,30)/t17-,19-,20+,21-,22-,23-,24-,25-,26-/m0/s1. The molecule has 6 rings (SSSR count). The number of hydrogen-bond donors (Lipinski definition) is 1. The van der Waals surface area contributed by atoms with E-state index in [0.717, 1.165) is 37.6 Å². The molecule has 1 aliphatic heterocycles. The second kappa shape index (κ2) is 7.79. The fraction of sp³-hybridized carbons (Fsp3) is 0.769. The first-order chi connectivity index (χ1) is 16.0. The van der Waals surface area contributed by atoms with Gasteiger partial charge in [-0.05, 0) is 92.8 Å². The summed E-state index contributed by atoms with van der Waals surface area (Å²) in [5, 5.41) is 0. The van der Waals surface area contributed by atoms with Crippen LogP contribution >= 0.6 is 0 Å². The Hall–Kier alpha value is -0.925. The number of rotatable bonds is 3. The van der Waals surface area contributed by atoms with Crippen LogP contribution in [0, 0.1) is 34.5 Å². The zero-order valence-electron chi connectivity index (χ0n) is 20.5. The van der Waals surface area contributed by atoms with Crippen molar-refractivity contribution >= 4 is 23.0 Å². The Morgan fingerprint density at radius 3 is 2.50 bits per heavy atom. The van der Waals surface area contributed by atoms with Gasteiger partial charge in [-0.3, -0.25) is 4.55 Å². The normalized spacial score (nSPS) is 48.1.